The lowest BCUT2D eigenvalue weighted by molar-refractivity contribution is -0.384. The van der Waals surface area contributed by atoms with Crippen molar-refractivity contribution in [2.24, 2.45) is 0 Å². The summed E-state index contributed by atoms with van der Waals surface area (Å²) in [4.78, 5) is 23.9. The van der Waals surface area contributed by atoms with Crippen LogP contribution in [0.25, 0.3) is 10.2 Å². The summed E-state index contributed by atoms with van der Waals surface area (Å²) in [6.45, 7) is 5.36. The van der Waals surface area contributed by atoms with E-state index in [0.29, 0.717) is 0 Å². The fourth-order valence-electron chi connectivity index (χ4n) is 3.27. The first-order valence-corrected chi connectivity index (χ1v) is 8.94. The highest BCUT2D eigenvalue weighted by atomic mass is 32.1. The summed E-state index contributed by atoms with van der Waals surface area (Å²) in [5.41, 5.74) is 3.13. The molecule has 1 aromatic carbocycles. The van der Waals surface area contributed by atoms with Crippen molar-refractivity contribution < 1.29 is 4.92 Å². The van der Waals surface area contributed by atoms with Crippen LogP contribution >= 0.6 is 11.3 Å². The van der Waals surface area contributed by atoms with Crippen molar-refractivity contribution in [3.05, 3.63) is 51.7 Å². The number of aryl methyl sites for hydroxylation is 1. The molecule has 2 aromatic heterocycles. The van der Waals surface area contributed by atoms with Crippen molar-refractivity contribution in [2.45, 2.75) is 6.92 Å². The molecule has 0 atom stereocenters. The van der Waals surface area contributed by atoms with Gasteiger partial charge in [-0.15, -0.1) is 11.3 Å². The normalized spacial score (nSPS) is 14.9. The Hall–Kier alpha value is -2.74. The van der Waals surface area contributed by atoms with Gasteiger partial charge in [0.1, 0.15) is 12.1 Å². The van der Waals surface area contributed by atoms with Crippen molar-refractivity contribution in [1.82, 2.24) is 9.97 Å². The van der Waals surface area contributed by atoms with Gasteiger partial charge in [0.2, 0.25) is 0 Å². The third-order valence-electron chi connectivity index (χ3n) is 4.54. The minimum atomic E-state index is -0.351. The highest BCUT2D eigenvalue weighted by molar-refractivity contribution is 7.17. The van der Waals surface area contributed by atoms with Crippen LogP contribution in [0.4, 0.5) is 17.2 Å². The third-order valence-corrected chi connectivity index (χ3v) is 5.44. The van der Waals surface area contributed by atoms with Crippen molar-refractivity contribution in [1.29, 1.82) is 0 Å². The predicted octanol–water partition coefficient (Wildman–Crippen LogP) is 3.23. The Labute approximate surface area is 148 Å². The van der Waals surface area contributed by atoms with Crippen LogP contribution in [0.2, 0.25) is 0 Å². The number of rotatable bonds is 3. The number of aromatic nitrogens is 2. The molecule has 0 N–H and O–H groups in total. The van der Waals surface area contributed by atoms with Crippen LogP contribution in [-0.2, 0) is 0 Å². The second-order valence-electron chi connectivity index (χ2n) is 6.03. The molecule has 8 heteroatoms. The van der Waals surface area contributed by atoms with Crippen molar-refractivity contribution in [3.8, 4) is 0 Å². The van der Waals surface area contributed by atoms with E-state index in [1.807, 2.05) is 24.4 Å². The SMILES string of the molecule is Cc1cc([N+](=O)[O-])ccc1N1CCN(c2ncnc3ccsc23)CC1. The number of non-ortho nitro benzene ring substituents is 1. The number of nitro benzene ring substituents is 1. The van der Waals surface area contributed by atoms with Gasteiger partial charge in [-0.3, -0.25) is 10.1 Å². The number of fused-ring (bicyclic) bond motifs is 1. The van der Waals surface area contributed by atoms with E-state index < -0.39 is 0 Å². The zero-order valence-electron chi connectivity index (χ0n) is 13.8. The zero-order valence-corrected chi connectivity index (χ0v) is 14.6. The predicted molar refractivity (Wildman–Crippen MR) is 99.7 cm³/mol. The highest BCUT2D eigenvalue weighted by Crippen LogP contribution is 2.30. The molecule has 0 saturated carbocycles. The Morgan fingerprint density at radius 3 is 2.60 bits per heavy atom. The monoisotopic (exact) mass is 355 g/mol. The minimum absolute atomic E-state index is 0.140. The topological polar surface area (TPSA) is 75.4 Å². The molecule has 0 unspecified atom stereocenters. The second kappa shape index (κ2) is 6.29. The maximum absolute atomic E-state index is 10.9. The maximum Gasteiger partial charge on any atom is 0.269 e. The van der Waals surface area contributed by atoms with Gasteiger partial charge in [-0.25, -0.2) is 9.97 Å². The Balaban J connectivity index is 1.52. The molecule has 3 aromatic rings. The summed E-state index contributed by atoms with van der Waals surface area (Å²) in [6.07, 6.45) is 1.62. The van der Waals surface area contributed by atoms with E-state index in [2.05, 4.69) is 19.8 Å². The molecule has 1 saturated heterocycles. The summed E-state index contributed by atoms with van der Waals surface area (Å²) >= 11 is 1.67. The van der Waals surface area contributed by atoms with Crippen molar-refractivity contribution in [3.63, 3.8) is 0 Å². The van der Waals surface area contributed by atoms with Crippen LogP contribution in [-0.4, -0.2) is 41.1 Å². The molecule has 128 valence electrons. The molecule has 1 aliphatic rings. The summed E-state index contributed by atoms with van der Waals surface area (Å²) in [5, 5.41) is 12.9. The van der Waals surface area contributed by atoms with Crippen LogP contribution < -0.4 is 9.80 Å². The van der Waals surface area contributed by atoms with Gasteiger partial charge < -0.3 is 9.80 Å². The minimum Gasteiger partial charge on any atom is -0.368 e. The van der Waals surface area contributed by atoms with Crippen LogP contribution in [0.3, 0.4) is 0 Å². The number of nitro groups is 1. The van der Waals surface area contributed by atoms with Gasteiger partial charge in [-0.2, -0.15) is 0 Å². The molecule has 0 amide bonds. The first kappa shape index (κ1) is 15.8. The van der Waals surface area contributed by atoms with E-state index in [9.17, 15) is 10.1 Å². The van der Waals surface area contributed by atoms with Gasteiger partial charge in [0.05, 0.1) is 15.1 Å². The summed E-state index contributed by atoms with van der Waals surface area (Å²) < 4.78 is 1.13. The number of benzene rings is 1. The molecule has 0 radical (unpaired) electrons. The smallest absolute Gasteiger partial charge is 0.269 e. The number of piperazine rings is 1. The number of hydrogen-bond acceptors (Lipinski definition) is 7. The van der Waals surface area contributed by atoms with Gasteiger partial charge in [0.15, 0.2) is 0 Å². The molecule has 3 heterocycles. The largest absolute Gasteiger partial charge is 0.368 e. The van der Waals surface area contributed by atoms with Crippen molar-refractivity contribution >= 4 is 38.7 Å². The first-order chi connectivity index (χ1) is 12.1. The third kappa shape index (κ3) is 2.89. The molecule has 0 aliphatic carbocycles. The van der Waals surface area contributed by atoms with Crippen LogP contribution in [0.1, 0.15) is 5.56 Å². The molecule has 1 aliphatic heterocycles. The molecular formula is C17H17N5O2S. The number of anilines is 2. The lowest BCUT2D eigenvalue weighted by Gasteiger charge is -2.37. The van der Waals surface area contributed by atoms with Gasteiger partial charge in [0, 0.05) is 44.0 Å². The molecule has 0 spiro atoms. The van der Waals surface area contributed by atoms with Crippen LogP contribution in [0.15, 0.2) is 36.0 Å². The Morgan fingerprint density at radius 2 is 1.88 bits per heavy atom. The lowest BCUT2D eigenvalue weighted by atomic mass is 10.1. The Morgan fingerprint density at radius 1 is 1.12 bits per heavy atom. The van der Waals surface area contributed by atoms with E-state index in [1.54, 1.807) is 29.8 Å². The molecule has 0 bridgehead atoms. The first-order valence-electron chi connectivity index (χ1n) is 8.06. The van der Waals surface area contributed by atoms with Crippen molar-refractivity contribution in [2.75, 3.05) is 36.0 Å². The molecule has 1 fully saturated rings. The van der Waals surface area contributed by atoms with Gasteiger partial charge in [-0.1, -0.05) is 0 Å². The van der Waals surface area contributed by atoms with E-state index in [-0.39, 0.29) is 10.6 Å². The average Bonchev–Trinajstić information content (AvgIpc) is 3.10. The van der Waals surface area contributed by atoms with Crippen LogP contribution in [0, 0.1) is 17.0 Å². The summed E-state index contributed by atoms with van der Waals surface area (Å²) in [5.74, 6) is 1.00. The van der Waals surface area contributed by atoms with Gasteiger partial charge in [0.25, 0.3) is 5.69 Å². The summed E-state index contributed by atoms with van der Waals surface area (Å²) in [6, 6.07) is 7.09. The average molecular weight is 355 g/mol. The lowest BCUT2D eigenvalue weighted by Crippen LogP contribution is -2.47. The van der Waals surface area contributed by atoms with Gasteiger partial charge >= 0.3 is 0 Å². The van der Waals surface area contributed by atoms with E-state index in [4.69, 9.17) is 0 Å². The quantitative estimate of drug-likeness (QED) is 0.530. The fraction of sp³-hybridized carbons (Fsp3) is 0.294. The standard InChI is InChI=1S/C17H17N5O2S/c1-12-10-13(22(23)24)2-3-15(12)20-5-7-21(8-6-20)17-16-14(4-9-25-16)18-11-19-17/h2-4,9-11H,5-8H2,1H3. The summed E-state index contributed by atoms with van der Waals surface area (Å²) in [7, 11) is 0. The Kier molecular flexibility index (Phi) is 3.96. The molecule has 4 rings (SSSR count). The Bertz CT molecular complexity index is 934. The number of hydrogen-bond donors (Lipinski definition) is 0. The molecular weight excluding hydrogens is 338 g/mol. The number of nitrogens with zero attached hydrogens (tertiary/aromatic N) is 5. The van der Waals surface area contributed by atoms with Crippen LogP contribution in [0.5, 0.6) is 0 Å². The van der Waals surface area contributed by atoms with E-state index in [1.165, 1.54) is 0 Å². The van der Waals surface area contributed by atoms with E-state index in [0.717, 1.165) is 53.5 Å². The molecule has 7 nitrogen and oxygen atoms in total. The zero-order chi connectivity index (χ0) is 17.4. The highest BCUT2D eigenvalue weighted by Gasteiger charge is 2.22. The van der Waals surface area contributed by atoms with E-state index >= 15 is 0 Å². The molecule has 25 heavy (non-hydrogen) atoms. The fourth-order valence-corrected chi connectivity index (χ4v) is 4.13. The maximum atomic E-state index is 10.9. The second-order valence-corrected chi connectivity index (χ2v) is 6.95. The van der Waals surface area contributed by atoms with Gasteiger partial charge in [-0.05, 0) is 30.0 Å². The number of thiophene rings is 1.